The lowest BCUT2D eigenvalue weighted by Crippen LogP contribution is -2.49. The third-order valence-electron chi connectivity index (χ3n) is 4.46. The van der Waals surface area contributed by atoms with Gasteiger partial charge in [-0.25, -0.2) is 0 Å². The van der Waals surface area contributed by atoms with Gasteiger partial charge in [0.25, 0.3) is 0 Å². The standard InChI is InChI=1S/C11H17NO3/c1-13-11(14-2)6-9-10(7-15-12-9)4-3-8(11)5-10/h8H,3-7H2,1-2H3/t8-,10+/m1/s1. The van der Waals surface area contributed by atoms with E-state index in [4.69, 9.17) is 14.3 Å². The van der Waals surface area contributed by atoms with Crippen molar-refractivity contribution in [3.63, 3.8) is 0 Å². The second kappa shape index (κ2) is 2.95. The molecule has 1 spiro atoms. The van der Waals surface area contributed by atoms with Gasteiger partial charge in [-0.3, -0.25) is 0 Å². The number of hydrogen-bond acceptors (Lipinski definition) is 4. The van der Waals surface area contributed by atoms with Crippen molar-refractivity contribution < 1.29 is 14.3 Å². The topological polar surface area (TPSA) is 40.0 Å². The molecular weight excluding hydrogens is 194 g/mol. The first kappa shape index (κ1) is 9.60. The van der Waals surface area contributed by atoms with E-state index in [1.807, 2.05) is 0 Å². The van der Waals surface area contributed by atoms with E-state index >= 15 is 0 Å². The Labute approximate surface area is 89.6 Å². The first-order valence-electron chi connectivity index (χ1n) is 5.54. The van der Waals surface area contributed by atoms with Crippen LogP contribution < -0.4 is 0 Å². The summed E-state index contributed by atoms with van der Waals surface area (Å²) < 4.78 is 11.2. The number of oxime groups is 1. The van der Waals surface area contributed by atoms with Crippen LogP contribution in [0, 0.1) is 11.3 Å². The molecule has 4 nitrogen and oxygen atoms in total. The molecule has 0 radical (unpaired) electrons. The predicted molar refractivity (Wildman–Crippen MR) is 54.5 cm³/mol. The van der Waals surface area contributed by atoms with Crippen molar-refractivity contribution in [2.75, 3.05) is 20.8 Å². The van der Waals surface area contributed by atoms with E-state index < -0.39 is 5.79 Å². The summed E-state index contributed by atoms with van der Waals surface area (Å²) in [6.07, 6.45) is 4.20. The molecule has 3 rings (SSSR count). The number of hydrogen-bond donors (Lipinski definition) is 0. The highest BCUT2D eigenvalue weighted by molar-refractivity contribution is 5.93. The molecule has 2 bridgehead atoms. The van der Waals surface area contributed by atoms with Gasteiger partial charge in [0.2, 0.25) is 0 Å². The molecular formula is C11H17NO3. The van der Waals surface area contributed by atoms with Crippen LogP contribution in [0.2, 0.25) is 0 Å². The monoisotopic (exact) mass is 211 g/mol. The minimum atomic E-state index is -0.452. The lowest BCUT2D eigenvalue weighted by atomic mass is 9.72. The number of methoxy groups -OCH3 is 2. The minimum Gasteiger partial charge on any atom is -0.395 e. The Morgan fingerprint density at radius 1 is 1.40 bits per heavy atom. The molecule has 2 saturated carbocycles. The van der Waals surface area contributed by atoms with E-state index in [-0.39, 0.29) is 5.41 Å². The van der Waals surface area contributed by atoms with E-state index in [9.17, 15) is 0 Å². The average Bonchev–Trinajstić information content (AvgIpc) is 2.85. The molecule has 4 heteroatoms. The smallest absolute Gasteiger partial charge is 0.175 e. The molecule has 2 atom stereocenters. The molecule has 15 heavy (non-hydrogen) atoms. The van der Waals surface area contributed by atoms with Crippen LogP contribution in [-0.2, 0) is 14.3 Å². The van der Waals surface area contributed by atoms with Crippen LogP contribution in [0.15, 0.2) is 5.16 Å². The zero-order chi connectivity index (χ0) is 10.5. The molecule has 1 heterocycles. The van der Waals surface area contributed by atoms with Crippen LogP contribution in [-0.4, -0.2) is 32.3 Å². The fourth-order valence-electron chi connectivity index (χ4n) is 3.47. The van der Waals surface area contributed by atoms with E-state index in [0.29, 0.717) is 5.92 Å². The molecule has 0 unspecified atom stereocenters. The second-order valence-corrected chi connectivity index (χ2v) is 4.93. The summed E-state index contributed by atoms with van der Waals surface area (Å²) >= 11 is 0. The van der Waals surface area contributed by atoms with Gasteiger partial charge in [-0.2, -0.15) is 0 Å². The molecule has 2 aliphatic carbocycles. The zero-order valence-corrected chi connectivity index (χ0v) is 9.28. The van der Waals surface area contributed by atoms with E-state index in [1.54, 1.807) is 14.2 Å². The average molecular weight is 211 g/mol. The van der Waals surface area contributed by atoms with Crippen molar-refractivity contribution >= 4 is 5.71 Å². The summed E-state index contributed by atoms with van der Waals surface area (Å²) in [5.41, 5.74) is 1.38. The molecule has 84 valence electrons. The van der Waals surface area contributed by atoms with Crippen molar-refractivity contribution in [2.45, 2.75) is 31.5 Å². The number of rotatable bonds is 2. The molecule has 0 aromatic rings. The predicted octanol–water partition coefficient (Wildman–Crippen LogP) is 1.55. The number of ether oxygens (including phenoxy) is 2. The fraction of sp³-hybridized carbons (Fsp3) is 0.909. The van der Waals surface area contributed by atoms with Gasteiger partial charge < -0.3 is 14.3 Å². The first-order valence-corrected chi connectivity index (χ1v) is 5.54. The first-order chi connectivity index (χ1) is 7.25. The van der Waals surface area contributed by atoms with E-state index in [1.165, 1.54) is 6.42 Å². The van der Waals surface area contributed by atoms with Crippen molar-refractivity contribution in [3.8, 4) is 0 Å². The Bertz CT molecular complexity index is 311. The molecule has 0 aromatic carbocycles. The van der Waals surface area contributed by atoms with Crippen LogP contribution >= 0.6 is 0 Å². The van der Waals surface area contributed by atoms with Gasteiger partial charge in [0.05, 0.1) is 5.71 Å². The summed E-state index contributed by atoms with van der Waals surface area (Å²) in [6.45, 7) is 0.766. The largest absolute Gasteiger partial charge is 0.395 e. The van der Waals surface area contributed by atoms with Crippen LogP contribution in [0.4, 0.5) is 0 Å². The molecule has 2 fully saturated rings. The second-order valence-electron chi connectivity index (χ2n) is 4.93. The summed E-state index contributed by atoms with van der Waals surface area (Å²) in [7, 11) is 3.45. The normalized spacial score (nSPS) is 40.9. The highest BCUT2D eigenvalue weighted by Gasteiger charge is 2.60. The Kier molecular flexibility index (Phi) is 1.89. The van der Waals surface area contributed by atoms with Crippen LogP contribution in [0.5, 0.6) is 0 Å². The van der Waals surface area contributed by atoms with E-state index in [2.05, 4.69) is 5.16 Å². The summed E-state index contributed by atoms with van der Waals surface area (Å²) in [4.78, 5) is 5.27. The maximum atomic E-state index is 5.60. The minimum absolute atomic E-state index is 0.227. The highest BCUT2D eigenvalue weighted by Crippen LogP contribution is 2.56. The Morgan fingerprint density at radius 3 is 2.93 bits per heavy atom. The van der Waals surface area contributed by atoms with Crippen molar-refractivity contribution in [3.05, 3.63) is 0 Å². The fourth-order valence-corrected chi connectivity index (χ4v) is 3.47. The maximum Gasteiger partial charge on any atom is 0.175 e. The van der Waals surface area contributed by atoms with Gasteiger partial charge in [0.15, 0.2) is 5.79 Å². The van der Waals surface area contributed by atoms with Gasteiger partial charge in [0.1, 0.15) is 6.61 Å². The van der Waals surface area contributed by atoms with Gasteiger partial charge in [0, 0.05) is 32.0 Å². The Morgan fingerprint density at radius 2 is 2.20 bits per heavy atom. The maximum absolute atomic E-state index is 5.60. The van der Waals surface area contributed by atoms with Crippen LogP contribution in [0.25, 0.3) is 0 Å². The highest BCUT2D eigenvalue weighted by atomic mass is 16.7. The van der Waals surface area contributed by atoms with Gasteiger partial charge in [-0.15, -0.1) is 0 Å². The van der Waals surface area contributed by atoms with Crippen LogP contribution in [0.3, 0.4) is 0 Å². The summed E-state index contributed by atoms with van der Waals surface area (Å²) in [5.74, 6) is 0.0418. The Hall–Kier alpha value is -0.610. The molecule has 1 aliphatic heterocycles. The molecule has 0 amide bonds. The van der Waals surface area contributed by atoms with Crippen LogP contribution in [0.1, 0.15) is 25.7 Å². The molecule has 0 N–H and O–H groups in total. The van der Waals surface area contributed by atoms with Gasteiger partial charge in [-0.1, -0.05) is 5.16 Å². The van der Waals surface area contributed by atoms with Gasteiger partial charge in [-0.05, 0) is 19.3 Å². The van der Waals surface area contributed by atoms with E-state index in [0.717, 1.165) is 31.6 Å². The molecule has 0 saturated heterocycles. The van der Waals surface area contributed by atoms with Crippen molar-refractivity contribution in [1.82, 2.24) is 0 Å². The van der Waals surface area contributed by atoms with Crippen molar-refractivity contribution in [2.24, 2.45) is 16.5 Å². The quantitative estimate of drug-likeness (QED) is 0.651. The molecule has 0 aromatic heterocycles. The summed E-state index contributed by atoms with van der Waals surface area (Å²) in [5, 5.41) is 4.18. The third kappa shape index (κ3) is 1.06. The lowest BCUT2D eigenvalue weighted by molar-refractivity contribution is -0.238. The lowest BCUT2D eigenvalue weighted by Gasteiger charge is -2.41. The molecule has 3 aliphatic rings. The van der Waals surface area contributed by atoms with Gasteiger partial charge >= 0.3 is 0 Å². The zero-order valence-electron chi connectivity index (χ0n) is 9.28. The Balaban J connectivity index is 1.98. The SMILES string of the molecule is COC1(OC)CC2=NOC[C@@]23CC[C@@H]1C3. The number of nitrogens with zero attached hydrogens (tertiary/aromatic N) is 1. The summed E-state index contributed by atoms with van der Waals surface area (Å²) in [6, 6.07) is 0. The third-order valence-corrected chi connectivity index (χ3v) is 4.46. The van der Waals surface area contributed by atoms with Crippen molar-refractivity contribution in [1.29, 1.82) is 0 Å². The number of fused-ring (bicyclic) bond motifs is 1.